The molecular formula is C15H11ClF3NO5. The van der Waals surface area contributed by atoms with Crippen LogP contribution in [0.2, 0.25) is 5.02 Å². The van der Waals surface area contributed by atoms with E-state index in [2.05, 4.69) is 5.32 Å². The van der Waals surface area contributed by atoms with E-state index in [9.17, 15) is 27.6 Å². The fourth-order valence-electron chi connectivity index (χ4n) is 1.91. The summed E-state index contributed by atoms with van der Waals surface area (Å²) in [5.74, 6) is -5.63. The number of carbonyl (C=O) groups excluding carboxylic acids is 3. The maximum Gasteiger partial charge on any atom is 0.454 e. The second-order valence-electron chi connectivity index (χ2n) is 5.40. The van der Waals surface area contributed by atoms with Crippen LogP contribution in [0.3, 0.4) is 0 Å². The standard InChI is InChI=1S/C15H11ClF3NO5/c1-14(2)24-12(22)9(13(23)25-14)6-20-10-4-3-7(16)5-8(10)11(21)15(17,18)19/h3-6,20H,1-2H3. The van der Waals surface area contributed by atoms with Crippen LogP contribution in [0.5, 0.6) is 0 Å². The van der Waals surface area contributed by atoms with Gasteiger partial charge in [-0.15, -0.1) is 0 Å². The van der Waals surface area contributed by atoms with Crippen LogP contribution >= 0.6 is 11.6 Å². The van der Waals surface area contributed by atoms with E-state index in [0.717, 1.165) is 18.3 Å². The van der Waals surface area contributed by atoms with Crippen molar-refractivity contribution in [1.82, 2.24) is 0 Å². The summed E-state index contributed by atoms with van der Waals surface area (Å²) in [5, 5.41) is 2.21. The number of esters is 2. The van der Waals surface area contributed by atoms with Crippen LogP contribution < -0.4 is 5.32 Å². The molecule has 1 fully saturated rings. The number of anilines is 1. The molecule has 6 nitrogen and oxygen atoms in total. The van der Waals surface area contributed by atoms with Gasteiger partial charge in [-0.25, -0.2) is 9.59 Å². The first-order valence-electron chi connectivity index (χ1n) is 6.75. The minimum atomic E-state index is -5.12. The molecule has 134 valence electrons. The summed E-state index contributed by atoms with van der Waals surface area (Å²) in [6, 6.07) is 3.15. The average molecular weight is 378 g/mol. The van der Waals surface area contributed by atoms with Crippen molar-refractivity contribution in [2.75, 3.05) is 5.32 Å². The SMILES string of the molecule is CC1(C)OC(=O)C(=CNc2ccc(Cl)cc2C(=O)C(F)(F)F)C(=O)O1. The number of hydrogen-bond acceptors (Lipinski definition) is 6. The molecule has 0 aliphatic carbocycles. The minimum absolute atomic E-state index is 0.0935. The van der Waals surface area contributed by atoms with Crippen molar-refractivity contribution < 1.29 is 37.0 Å². The van der Waals surface area contributed by atoms with Crippen LogP contribution in [-0.4, -0.2) is 29.7 Å². The summed E-state index contributed by atoms with van der Waals surface area (Å²) in [5.41, 5.74) is -1.64. The highest BCUT2D eigenvalue weighted by atomic mass is 35.5. The number of nitrogens with one attached hydrogen (secondary N) is 1. The van der Waals surface area contributed by atoms with Gasteiger partial charge in [0.1, 0.15) is 0 Å². The van der Waals surface area contributed by atoms with Crippen LogP contribution in [0.1, 0.15) is 24.2 Å². The van der Waals surface area contributed by atoms with Gasteiger partial charge < -0.3 is 14.8 Å². The van der Waals surface area contributed by atoms with Gasteiger partial charge in [0, 0.05) is 30.8 Å². The van der Waals surface area contributed by atoms with Gasteiger partial charge in [0.15, 0.2) is 5.57 Å². The number of ketones is 1. The summed E-state index contributed by atoms with van der Waals surface area (Å²) >= 11 is 5.63. The quantitative estimate of drug-likeness (QED) is 0.377. The van der Waals surface area contributed by atoms with E-state index >= 15 is 0 Å². The van der Waals surface area contributed by atoms with Gasteiger partial charge in [-0.1, -0.05) is 11.6 Å². The van der Waals surface area contributed by atoms with Gasteiger partial charge in [-0.3, -0.25) is 4.79 Å². The van der Waals surface area contributed by atoms with E-state index < -0.39 is 40.8 Å². The maximum absolute atomic E-state index is 12.7. The Morgan fingerprint density at radius 1 is 1.20 bits per heavy atom. The van der Waals surface area contributed by atoms with Crippen molar-refractivity contribution in [3.63, 3.8) is 0 Å². The van der Waals surface area contributed by atoms with Gasteiger partial charge in [0.05, 0.1) is 5.56 Å². The highest BCUT2D eigenvalue weighted by Gasteiger charge is 2.41. The summed E-state index contributed by atoms with van der Waals surface area (Å²) in [4.78, 5) is 35.0. The van der Waals surface area contributed by atoms with Crippen LogP contribution in [0.25, 0.3) is 0 Å². The molecule has 0 radical (unpaired) electrons. The molecule has 25 heavy (non-hydrogen) atoms. The second kappa shape index (κ2) is 6.40. The third-order valence-electron chi connectivity index (χ3n) is 2.97. The monoisotopic (exact) mass is 377 g/mol. The zero-order valence-corrected chi connectivity index (χ0v) is 13.6. The van der Waals surface area contributed by atoms with Gasteiger partial charge in [-0.05, 0) is 18.2 Å². The number of alkyl halides is 3. The molecule has 1 aliphatic rings. The molecule has 0 aromatic heterocycles. The predicted octanol–water partition coefficient (Wildman–Crippen LogP) is 3.22. The van der Waals surface area contributed by atoms with Gasteiger partial charge in [-0.2, -0.15) is 13.2 Å². The van der Waals surface area contributed by atoms with E-state index in [1.165, 1.54) is 19.9 Å². The van der Waals surface area contributed by atoms with Gasteiger partial charge in [0.2, 0.25) is 0 Å². The Bertz CT molecular complexity index is 764. The molecule has 1 aromatic carbocycles. The Kier molecular flexibility index (Phi) is 4.81. The largest absolute Gasteiger partial charge is 0.454 e. The Hall–Kier alpha value is -2.55. The van der Waals surface area contributed by atoms with E-state index in [1.54, 1.807) is 0 Å². The third kappa shape index (κ3) is 4.30. The lowest BCUT2D eigenvalue weighted by atomic mass is 10.1. The number of carbonyl (C=O) groups is 3. The molecule has 2 rings (SSSR count). The normalized spacial score (nSPS) is 16.8. The molecule has 0 atom stereocenters. The molecule has 1 saturated heterocycles. The molecule has 0 amide bonds. The van der Waals surface area contributed by atoms with Crippen molar-refractivity contribution in [3.05, 3.63) is 40.6 Å². The lowest BCUT2D eigenvalue weighted by Crippen LogP contribution is -2.42. The van der Waals surface area contributed by atoms with Crippen molar-refractivity contribution in [1.29, 1.82) is 0 Å². The van der Waals surface area contributed by atoms with Crippen molar-refractivity contribution in [2.45, 2.75) is 25.8 Å². The highest BCUT2D eigenvalue weighted by Crippen LogP contribution is 2.29. The first kappa shape index (κ1) is 18.8. The van der Waals surface area contributed by atoms with Gasteiger partial charge in [0.25, 0.3) is 11.6 Å². The molecule has 0 spiro atoms. The van der Waals surface area contributed by atoms with Crippen LogP contribution in [0, 0.1) is 0 Å². The lowest BCUT2D eigenvalue weighted by Gasteiger charge is -2.29. The number of hydrogen-bond donors (Lipinski definition) is 1. The first-order chi connectivity index (χ1) is 11.4. The smallest absolute Gasteiger partial charge is 0.419 e. The molecule has 10 heteroatoms. The fraction of sp³-hybridized carbons (Fsp3) is 0.267. The fourth-order valence-corrected chi connectivity index (χ4v) is 2.08. The number of halogens is 4. The molecule has 0 saturated carbocycles. The molecule has 1 N–H and O–H groups in total. The molecule has 0 unspecified atom stereocenters. The summed E-state index contributed by atoms with van der Waals surface area (Å²) in [7, 11) is 0. The summed E-state index contributed by atoms with van der Waals surface area (Å²) in [6.07, 6.45) is -4.32. The number of rotatable bonds is 3. The van der Waals surface area contributed by atoms with Crippen LogP contribution in [-0.2, 0) is 19.1 Å². The summed E-state index contributed by atoms with van der Waals surface area (Å²) < 4.78 is 47.7. The molecule has 1 heterocycles. The zero-order valence-electron chi connectivity index (χ0n) is 12.9. The Morgan fingerprint density at radius 2 is 1.76 bits per heavy atom. The highest BCUT2D eigenvalue weighted by molar-refractivity contribution is 6.31. The molecule has 0 bridgehead atoms. The zero-order chi connectivity index (χ0) is 19.0. The number of cyclic esters (lactones) is 2. The van der Waals surface area contributed by atoms with Crippen molar-refractivity contribution >= 4 is 35.0 Å². The van der Waals surface area contributed by atoms with Crippen molar-refractivity contribution in [3.8, 4) is 0 Å². The van der Waals surface area contributed by atoms with Crippen LogP contribution in [0.4, 0.5) is 18.9 Å². The Balaban J connectivity index is 2.34. The average Bonchev–Trinajstić information content (AvgIpc) is 2.44. The van der Waals surface area contributed by atoms with Crippen LogP contribution in [0.15, 0.2) is 30.0 Å². The molecule has 1 aliphatic heterocycles. The lowest BCUT2D eigenvalue weighted by molar-refractivity contribution is -0.222. The number of ether oxygens (including phenoxy) is 2. The van der Waals surface area contributed by atoms with E-state index in [0.29, 0.717) is 0 Å². The number of benzene rings is 1. The molecule has 1 aromatic rings. The van der Waals surface area contributed by atoms with E-state index in [1.807, 2.05) is 0 Å². The van der Waals surface area contributed by atoms with E-state index in [4.69, 9.17) is 21.1 Å². The predicted molar refractivity (Wildman–Crippen MR) is 79.8 cm³/mol. The van der Waals surface area contributed by atoms with Crippen molar-refractivity contribution in [2.24, 2.45) is 0 Å². The topological polar surface area (TPSA) is 81.7 Å². The Labute approximate surface area is 144 Å². The third-order valence-corrected chi connectivity index (χ3v) is 3.21. The summed E-state index contributed by atoms with van der Waals surface area (Å²) in [6.45, 7) is 2.68. The van der Waals surface area contributed by atoms with Gasteiger partial charge >= 0.3 is 18.1 Å². The molecular weight excluding hydrogens is 367 g/mol. The second-order valence-corrected chi connectivity index (χ2v) is 5.83. The first-order valence-corrected chi connectivity index (χ1v) is 7.13. The Morgan fingerprint density at radius 3 is 2.28 bits per heavy atom. The maximum atomic E-state index is 12.7. The number of Topliss-reactive ketones (excluding diaryl/α,β-unsaturated/α-hetero) is 1. The minimum Gasteiger partial charge on any atom is -0.419 e. The van der Waals surface area contributed by atoms with E-state index in [-0.39, 0.29) is 10.7 Å².